The third-order valence-corrected chi connectivity index (χ3v) is 8.13. The lowest BCUT2D eigenvalue weighted by Gasteiger charge is -2.34. The highest BCUT2D eigenvalue weighted by Gasteiger charge is 2.52. The number of methoxy groups -OCH3 is 1. The Kier molecular flexibility index (Phi) is 5.09. The number of aryl methyl sites for hydroxylation is 1. The molecule has 1 aliphatic heterocycles. The summed E-state index contributed by atoms with van der Waals surface area (Å²) in [6.07, 6.45) is 4.36. The molecule has 3 atom stereocenters. The number of hydrogen-bond acceptors (Lipinski definition) is 5. The molecule has 0 N–H and O–H groups in total. The van der Waals surface area contributed by atoms with Crippen LogP contribution >= 0.6 is 0 Å². The van der Waals surface area contributed by atoms with Gasteiger partial charge in [0, 0.05) is 18.7 Å². The first-order valence-corrected chi connectivity index (χ1v) is 11.2. The molecule has 0 spiro atoms. The summed E-state index contributed by atoms with van der Waals surface area (Å²) in [6.45, 7) is 4.77. The van der Waals surface area contributed by atoms with E-state index in [2.05, 4.69) is 5.10 Å². The summed E-state index contributed by atoms with van der Waals surface area (Å²) in [4.78, 5) is 0.313. The average Bonchev–Trinajstić information content (AvgIpc) is 3.40. The van der Waals surface area contributed by atoms with Gasteiger partial charge in [-0.1, -0.05) is 6.07 Å². The van der Waals surface area contributed by atoms with Gasteiger partial charge in [0.2, 0.25) is 10.0 Å². The molecule has 1 saturated heterocycles. The van der Waals surface area contributed by atoms with Crippen molar-refractivity contribution in [3.05, 3.63) is 36.2 Å². The van der Waals surface area contributed by atoms with Gasteiger partial charge in [-0.15, -0.1) is 0 Å². The number of sulfonamides is 1. The van der Waals surface area contributed by atoms with Crippen molar-refractivity contribution in [3.8, 4) is 11.5 Å². The van der Waals surface area contributed by atoms with Crippen LogP contribution in [-0.2, 0) is 16.6 Å². The lowest BCUT2D eigenvalue weighted by Crippen LogP contribution is -2.47. The first-order valence-electron chi connectivity index (χ1n) is 9.78. The maximum absolute atomic E-state index is 13.5. The molecule has 7 nitrogen and oxygen atoms in total. The van der Waals surface area contributed by atoms with Gasteiger partial charge in [0.25, 0.3) is 0 Å². The highest BCUT2D eigenvalue weighted by Crippen LogP contribution is 2.45. The number of aromatic nitrogens is 2. The Morgan fingerprint density at radius 2 is 2.04 bits per heavy atom. The zero-order chi connectivity index (χ0) is 19.9. The van der Waals surface area contributed by atoms with Gasteiger partial charge in [-0.3, -0.25) is 4.68 Å². The quantitative estimate of drug-likeness (QED) is 0.708. The molecule has 1 saturated carbocycles. The van der Waals surface area contributed by atoms with E-state index in [1.54, 1.807) is 16.1 Å². The number of benzene rings is 1. The Bertz CT molecular complexity index is 956. The molecular weight excluding hydrogens is 378 g/mol. The zero-order valence-corrected chi connectivity index (χ0v) is 17.4. The number of piperidine rings is 1. The highest BCUT2D eigenvalue weighted by atomic mass is 32.2. The van der Waals surface area contributed by atoms with Crippen LogP contribution in [0, 0.1) is 12.8 Å². The summed E-state index contributed by atoms with van der Waals surface area (Å²) >= 11 is 0. The van der Waals surface area contributed by atoms with Gasteiger partial charge in [-0.05, 0) is 51.2 Å². The number of fused-ring (bicyclic) bond motifs is 2. The number of rotatable bonds is 7. The summed E-state index contributed by atoms with van der Waals surface area (Å²) < 4.78 is 41.6. The Balaban J connectivity index is 1.59. The van der Waals surface area contributed by atoms with Crippen molar-refractivity contribution in [2.24, 2.45) is 5.92 Å². The largest absolute Gasteiger partial charge is 0.497 e. The Labute approximate surface area is 166 Å². The van der Waals surface area contributed by atoms with Crippen molar-refractivity contribution < 1.29 is 17.9 Å². The van der Waals surface area contributed by atoms with E-state index in [-0.39, 0.29) is 12.1 Å². The Hall–Kier alpha value is -2.06. The van der Waals surface area contributed by atoms with Crippen LogP contribution in [0.1, 0.15) is 31.9 Å². The summed E-state index contributed by atoms with van der Waals surface area (Å²) in [7, 11) is -2.00. The zero-order valence-electron chi connectivity index (χ0n) is 16.5. The molecule has 1 aromatic heterocycles. The molecule has 152 valence electrons. The molecule has 8 heteroatoms. The van der Waals surface area contributed by atoms with Crippen molar-refractivity contribution in [2.45, 2.75) is 56.6 Å². The van der Waals surface area contributed by atoms with E-state index in [0.717, 1.165) is 25.0 Å². The van der Waals surface area contributed by atoms with Gasteiger partial charge in [0.05, 0.1) is 25.0 Å². The minimum Gasteiger partial charge on any atom is -0.497 e. The van der Waals surface area contributed by atoms with Crippen LogP contribution in [0.3, 0.4) is 0 Å². The predicted molar refractivity (Wildman–Crippen MR) is 105 cm³/mol. The maximum atomic E-state index is 13.5. The van der Waals surface area contributed by atoms with Crippen LogP contribution in [0.4, 0.5) is 0 Å². The van der Waals surface area contributed by atoms with Gasteiger partial charge in [-0.2, -0.15) is 9.40 Å². The van der Waals surface area contributed by atoms with Crippen molar-refractivity contribution in [1.29, 1.82) is 0 Å². The van der Waals surface area contributed by atoms with Crippen LogP contribution < -0.4 is 9.47 Å². The lowest BCUT2D eigenvalue weighted by atomic mass is 10.0. The van der Waals surface area contributed by atoms with Crippen LogP contribution in [0.2, 0.25) is 0 Å². The van der Waals surface area contributed by atoms with E-state index in [4.69, 9.17) is 9.47 Å². The van der Waals surface area contributed by atoms with Crippen LogP contribution in [-0.4, -0.2) is 48.3 Å². The van der Waals surface area contributed by atoms with Crippen molar-refractivity contribution >= 4 is 10.0 Å². The van der Waals surface area contributed by atoms with Gasteiger partial charge >= 0.3 is 0 Å². The van der Waals surface area contributed by atoms with E-state index >= 15 is 0 Å². The molecule has 0 unspecified atom stereocenters. The fourth-order valence-corrected chi connectivity index (χ4v) is 6.68. The summed E-state index contributed by atoms with van der Waals surface area (Å²) in [5.74, 6) is 1.75. The molecule has 0 amide bonds. The topological polar surface area (TPSA) is 73.7 Å². The third-order valence-electron chi connectivity index (χ3n) is 6.05. The molecule has 2 aliphatic rings. The molecule has 2 bridgehead atoms. The van der Waals surface area contributed by atoms with E-state index in [0.29, 0.717) is 35.4 Å². The van der Waals surface area contributed by atoms with Crippen LogP contribution in [0.15, 0.2) is 35.4 Å². The molecule has 28 heavy (non-hydrogen) atoms. The molecule has 1 aliphatic carbocycles. The summed E-state index contributed by atoms with van der Waals surface area (Å²) in [6, 6.07) is 7.31. The van der Waals surface area contributed by atoms with E-state index < -0.39 is 10.0 Å². The molecule has 2 heterocycles. The molecule has 1 aromatic carbocycles. The summed E-state index contributed by atoms with van der Waals surface area (Å²) in [5.41, 5.74) is 0.692. The summed E-state index contributed by atoms with van der Waals surface area (Å²) in [5, 5.41) is 4.24. The number of ether oxygens (including phenoxy) is 2. The normalized spacial score (nSPS) is 24.6. The molecular formula is C20H27N3O4S. The SMILES string of the molecule is CCn1ncc(S(=O)(=O)N2[C@@H]3CC[C@@H](C3)[C@H]2COc2cccc(OC)c2)c1C. The second-order valence-corrected chi connectivity index (χ2v) is 9.34. The van der Waals surface area contributed by atoms with Crippen molar-refractivity contribution in [2.75, 3.05) is 13.7 Å². The van der Waals surface area contributed by atoms with Gasteiger partial charge < -0.3 is 9.47 Å². The first kappa shape index (κ1) is 19.3. The van der Waals surface area contributed by atoms with Crippen molar-refractivity contribution in [3.63, 3.8) is 0 Å². The lowest BCUT2D eigenvalue weighted by molar-refractivity contribution is 0.162. The van der Waals surface area contributed by atoms with E-state index in [1.807, 2.05) is 38.1 Å². The fraction of sp³-hybridized carbons (Fsp3) is 0.550. The maximum Gasteiger partial charge on any atom is 0.247 e. The smallest absolute Gasteiger partial charge is 0.247 e. The van der Waals surface area contributed by atoms with Crippen LogP contribution in [0.25, 0.3) is 0 Å². The van der Waals surface area contributed by atoms with Gasteiger partial charge in [0.15, 0.2) is 0 Å². The highest BCUT2D eigenvalue weighted by molar-refractivity contribution is 7.89. The fourth-order valence-electron chi connectivity index (χ4n) is 4.62. The average molecular weight is 406 g/mol. The minimum absolute atomic E-state index is 0.0540. The van der Waals surface area contributed by atoms with Gasteiger partial charge in [0.1, 0.15) is 23.0 Å². The molecule has 2 fully saturated rings. The predicted octanol–water partition coefficient (Wildman–Crippen LogP) is 2.84. The standard InChI is InChI=1S/C20H27N3O4S/c1-4-22-14(2)20(12-21-22)28(24,25)23-16-9-8-15(10-16)19(23)13-27-18-7-5-6-17(11-18)26-3/h5-7,11-12,15-16,19H,4,8-10,13H2,1-3H3/t15-,16+,19+/m0/s1. The second-order valence-electron chi connectivity index (χ2n) is 7.53. The second kappa shape index (κ2) is 7.40. The van der Waals surface area contributed by atoms with E-state index in [9.17, 15) is 8.42 Å². The molecule has 2 aromatic rings. The number of hydrogen-bond donors (Lipinski definition) is 0. The monoisotopic (exact) mass is 405 g/mol. The van der Waals surface area contributed by atoms with Crippen LogP contribution in [0.5, 0.6) is 11.5 Å². The first-order chi connectivity index (χ1) is 13.5. The third kappa shape index (κ3) is 3.18. The number of nitrogens with zero attached hydrogens (tertiary/aromatic N) is 3. The van der Waals surface area contributed by atoms with E-state index in [1.165, 1.54) is 6.20 Å². The molecule has 4 rings (SSSR count). The van der Waals surface area contributed by atoms with Gasteiger partial charge in [-0.25, -0.2) is 8.42 Å². The van der Waals surface area contributed by atoms with Crippen molar-refractivity contribution in [1.82, 2.24) is 14.1 Å². The Morgan fingerprint density at radius 3 is 2.75 bits per heavy atom. The Morgan fingerprint density at radius 1 is 1.25 bits per heavy atom. The molecule has 0 radical (unpaired) electrons. The minimum atomic E-state index is -3.61.